The van der Waals surface area contributed by atoms with E-state index in [1.54, 1.807) is 25.1 Å². The molecule has 84 valence electrons. The number of halogens is 1. The van der Waals surface area contributed by atoms with Gasteiger partial charge in [-0.2, -0.15) is 0 Å². The molecule has 1 aromatic rings. The first-order chi connectivity index (χ1) is 7.05. The number of hydrogen-bond donors (Lipinski definition) is 1. The molecule has 0 heterocycles. The number of hydrogen-bond acceptors (Lipinski definition) is 2. The van der Waals surface area contributed by atoms with Crippen LogP contribution >= 0.6 is 0 Å². The summed E-state index contributed by atoms with van der Waals surface area (Å²) in [5, 5.41) is 0. The van der Waals surface area contributed by atoms with Crippen molar-refractivity contribution in [2.45, 2.75) is 13.3 Å². The molecular formula is C10H14FNO2S. The van der Waals surface area contributed by atoms with E-state index in [1.807, 2.05) is 0 Å². The summed E-state index contributed by atoms with van der Waals surface area (Å²) in [6.07, 6.45) is 0.367. The van der Waals surface area contributed by atoms with Gasteiger partial charge in [0.2, 0.25) is 10.0 Å². The summed E-state index contributed by atoms with van der Waals surface area (Å²) in [6.45, 7) is 1.79. The summed E-state index contributed by atoms with van der Waals surface area (Å²) >= 11 is 0. The van der Waals surface area contributed by atoms with E-state index in [2.05, 4.69) is 4.72 Å². The third-order valence-electron chi connectivity index (χ3n) is 2.05. The van der Waals surface area contributed by atoms with Crippen LogP contribution in [0, 0.1) is 5.82 Å². The lowest BCUT2D eigenvalue weighted by Gasteiger charge is -2.05. The van der Waals surface area contributed by atoms with Crippen molar-refractivity contribution >= 4 is 10.0 Å². The van der Waals surface area contributed by atoms with Crippen molar-refractivity contribution in [2.75, 3.05) is 12.3 Å². The van der Waals surface area contributed by atoms with Gasteiger partial charge in [0, 0.05) is 6.54 Å². The van der Waals surface area contributed by atoms with Gasteiger partial charge < -0.3 is 0 Å². The Balaban J connectivity index is 2.49. The molecule has 0 aliphatic carbocycles. The molecule has 0 saturated heterocycles. The average Bonchev–Trinajstić information content (AvgIpc) is 2.21. The first kappa shape index (κ1) is 12.1. The molecule has 0 saturated carbocycles. The van der Waals surface area contributed by atoms with Crippen LogP contribution in [-0.2, 0) is 16.4 Å². The average molecular weight is 231 g/mol. The third kappa shape index (κ3) is 3.97. The molecule has 0 radical (unpaired) electrons. The van der Waals surface area contributed by atoms with Crippen molar-refractivity contribution in [2.24, 2.45) is 0 Å². The number of benzene rings is 1. The fourth-order valence-electron chi connectivity index (χ4n) is 1.14. The van der Waals surface area contributed by atoms with Crippen LogP contribution in [-0.4, -0.2) is 20.7 Å². The largest absolute Gasteiger partial charge is 0.215 e. The Labute approximate surface area is 89.4 Å². The second-order valence-corrected chi connectivity index (χ2v) is 5.23. The van der Waals surface area contributed by atoms with Crippen LogP contribution < -0.4 is 4.72 Å². The number of rotatable bonds is 5. The number of sulfonamides is 1. The Hall–Kier alpha value is -0.940. The van der Waals surface area contributed by atoms with Crippen LogP contribution in [0.15, 0.2) is 24.3 Å². The topological polar surface area (TPSA) is 46.2 Å². The van der Waals surface area contributed by atoms with E-state index in [9.17, 15) is 12.8 Å². The lowest BCUT2D eigenvalue weighted by molar-refractivity contribution is 0.578. The highest BCUT2D eigenvalue weighted by Crippen LogP contribution is 2.06. The van der Waals surface area contributed by atoms with Crippen molar-refractivity contribution < 1.29 is 12.8 Å². The minimum atomic E-state index is -3.17. The zero-order valence-corrected chi connectivity index (χ0v) is 9.35. The monoisotopic (exact) mass is 231 g/mol. The first-order valence-electron chi connectivity index (χ1n) is 4.76. The predicted molar refractivity (Wildman–Crippen MR) is 57.6 cm³/mol. The minimum Gasteiger partial charge on any atom is -0.215 e. The molecule has 1 N–H and O–H groups in total. The molecule has 15 heavy (non-hydrogen) atoms. The molecule has 0 aromatic heterocycles. The zero-order chi connectivity index (χ0) is 11.3. The standard InChI is InChI=1S/C10H14FNO2S/c1-2-15(13,14)12-8-7-9-5-3-4-6-10(9)11/h3-6,12H,2,7-8H2,1H3. The molecule has 0 spiro atoms. The second kappa shape index (κ2) is 5.23. The van der Waals surface area contributed by atoms with E-state index in [1.165, 1.54) is 6.07 Å². The number of nitrogens with one attached hydrogen (secondary N) is 1. The highest BCUT2D eigenvalue weighted by molar-refractivity contribution is 7.89. The molecule has 1 rings (SSSR count). The highest BCUT2D eigenvalue weighted by atomic mass is 32.2. The second-order valence-electron chi connectivity index (χ2n) is 3.14. The molecule has 0 bridgehead atoms. The van der Waals surface area contributed by atoms with Gasteiger partial charge in [-0.25, -0.2) is 17.5 Å². The molecular weight excluding hydrogens is 217 g/mol. The van der Waals surface area contributed by atoms with E-state index in [0.29, 0.717) is 12.0 Å². The normalized spacial score (nSPS) is 11.6. The zero-order valence-electron chi connectivity index (χ0n) is 8.53. The molecule has 0 fully saturated rings. The smallest absolute Gasteiger partial charge is 0.211 e. The molecule has 1 aromatic carbocycles. The summed E-state index contributed by atoms with van der Waals surface area (Å²) < 4.78 is 37.6. The summed E-state index contributed by atoms with van der Waals surface area (Å²) in [4.78, 5) is 0. The minimum absolute atomic E-state index is 0.0459. The SMILES string of the molecule is CCS(=O)(=O)NCCc1ccccc1F. The van der Waals surface area contributed by atoms with Crippen LogP contribution in [0.25, 0.3) is 0 Å². The van der Waals surface area contributed by atoms with Gasteiger partial charge in [-0.3, -0.25) is 0 Å². The lowest BCUT2D eigenvalue weighted by atomic mass is 10.1. The van der Waals surface area contributed by atoms with Gasteiger partial charge in [-0.15, -0.1) is 0 Å². The molecule has 5 heteroatoms. The van der Waals surface area contributed by atoms with E-state index in [-0.39, 0.29) is 18.1 Å². The first-order valence-corrected chi connectivity index (χ1v) is 6.41. The van der Waals surface area contributed by atoms with Gasteiger partial charge >= 0.3 is 0 Å². The summed E-state index contributed by atoms with van der Waals surface area (Å²) in [5.41, 5.74) is 0.524. The summed E-state index contributed by atoms with van der Waals surface area (Å²) in [5.74, 6) is -0.252. The Morgan fingerprint density at radius 1 is 1.33 bits per heavy atom. The quantitative estimate of drug-likeness (QED) is 0.830. The van der Waals surface area contributed by atoms with Gasteiger partial charge in [0.05, 0.1) is 5.75 Å². The van der Waals surface area contributed by atoms with Crippen LogP contribution in [0.3, 0.4) is 0 Å². The van der Waals surface area contributed by atoms with Crippen molar-refractivity contribution in [1.29, 1.82) is 0 Å². The third-order valence-corrected chi connectivity index (χ3v) is 3.46. The fourth-order valence-corrected chi connectivity index (χ4v) is 1.76. The van der Waals surface area contributed by atoms with Gasteiger partial charge in [0.25, 0.3) is 0 Å². The van der Waals surface area contributed by atoms with E-state index < -0.39 is 10.0 Å². The summed E-state index contributed by atoms with van der Waals surface area (Å²) in [6, 6.07) is 6.35. The molecule has 0 aliphatic heterocycles. The maximum Gasteiger partial charge on any atom is 0.211 e. The van der Waals surface area contributed by atoms with Gasteiger partial charge in [-0.1, -0.05) is 18.2 Å². The lowest BCUT2D eigenvalue weighted by Crippen LogP contribution is -2.27. The fraction of sp³-hybridized carbons (Fsp3) is 0.400. The van der Waals surface area contributed by atoms with E-state index in [4.69, 9.17) is 0 Å². The Morgan fingerprint density at radius 3 is 2.60 bits per heavy atom. The highest BCUT2D eigenvalue weighted by Gasteiger charge is 2.06. The Morgan fingerprint density at radius 2 is 2.00 bits per heavy atom. The van der Waals surface area contributed by atoms with E-state index in [0.717, 1.165) is 0 Å². The van der Waals surface area contributed by atoms with Crippen LogP contribution in [0.1, 0.15) is 12.5 Å². The molecule has 0 aliphatic rings. The van der Waals surface area contributed by atoms with Crippen LogP contribution in [0.2, 0.25) is 0 Å². The van der Waals surface area contributed by atoms with Crippen molar-refractivity contribution in [1.82, 2.24) is 4.72 Å². The van der Waals surface area contributed by atoms with Crippen molar-refractivity contribution in [3.63, 3.8) is 0 Å². The summed E-state index contributed by atoms with van der Waals surface area (Å²) in [7, 11) is -3.17. The van der Waals surface area contributed by atoms with Crippen molar-refractivity contribution in [3.05, 3.63) is 35.6 Å². The molecule has 0 atom stereocenters. The maximum absolute atomic E-state index is 13.1. The maximum atomic E-state index is 13.1. The van der Waals surface area contributed by atoms with Crippen molar-refractivity contribution in [3.8, 4) is 0 Å². The predicted octanol–water partition coefficient (Wildman–Crippen LogP) is 1.31. The molecule has 0 unspecified atom stereocenters. The molecule has 0 amide bonds. The van der Waals surface area contributed by atoms with Crippen LogP contribution in [0.5, 0.6) is 0 Å². The Bertz CT molecular complexity index is 417. The Kier molecular flexibility index (Phi) is 4.23. The van der Waals surface area contributed by atoms with Gasteiger partial charge in [-0.05, 0) is 25.0 Å². The molecule has 3 nitrogen and oxygen atoms in total. The van der Waals surface area contributed by atoms with E-state index >= 15 is 0 Å². The van der Waals surface area contributed by atoms with Crippen LogP contribution in [0.4, 0.5) is 4.39 Å². The van der Waals surface area contributed by atoms with Gasteiger partial charge in [0.15, 0.2) is 0 Å². The van der Waals surface area contributed by atoms with Gasteiger partial charge in [0.1, 0.15) is 5.82 Å².